The van der Waals surface area contributed by atoms with Gasteiger partial charge in [0.1, 0.15) is 0 Å². The zero-order chi connectivity index (χ0) is 21.5. The zero-order valence-electron chi connectivity index (χ0n) is 18.6. The molecule has 5 nitrogen and oxygen atoms in total. The first-order chi connectivity index (χ1) is 15.1. The second kappa shape index (κ2) is 10.4. The predicted molar refractivity (Wildman–Crippen MR) is 124 cm³/mol. The molecule has 0 aromatic heterocycles. The molecule has 2 aromatic rings. The van der Waals surface area contributed by atoms with E-state index in [0.29, 0.717) is 6.54 Å². The van der Waals surface area contributed by atoms with Gasteiger partial charge >= 0.3 is 0 Å². The highest BCUT2D eigenvalue weighted by Crippen LogP contribution is 2.47. The highest BCUT2D eigenvalue weighted by molar-refractivity contribution is 5.78. The summed E-state index contributed by atoms with van der Waals surface area (Å²) in [5.74, 6) is 0.118. The Morgan fingerprint density at radius 1 is 1.06 bits per heavy atom. The smallest absolute Gasteiger partial charge is 0.234 e. The van der Waals surface area contributed by atoms with Crippen molar-refractivity contribution in [3.8, 4) is 0 Å². The van der Waals surface area contributed by atoms with Crippen LogP contribution in [0.4, 0.5) is 0 Å². The molecule has 1 N–H and O–H groups in total. The number of rotatable bonds is 10. The van der Waals surface area contributed by atoms with E-state index >= 15 is 0 Å². The summed E-state index contributed by atoms with van der Waals surface area (Å²) in [6.45, 7) is 8.66. The lowest BCUT2D eigenvalue weighted by Crippen LogP contribution is -2.49. The lowest BCUT2D eigenvalue weighted by Gasteiger charge is -2.35. The van der Waals surface area contributed by atoms with Crippen LogP contribution in [0.3, 0.4) is 0 Å². The van der Waals surface area contributed by atoms with E-state index in [-0.39, 0.29) is 17.4 Å². The highest BCUT2D eigenvalue weighted by atomic mass is 16.5. The van der Waals surface area contributed by atoms with Gasteiger partial charge in [-0.25, -0.2) is 0 Å². The van der Waals surface area contributed by atoms with Crippen molar-refractivity contribution in [3.63, 3.8) is 0 Å². The van der Waals surface area contributed by atoms with Crippen LogP contribution in [-0.4, -0.2) is 67.7 Å². The van der Waals surface area contributed by atoms with Crippen molar-refractivity contribution >= 4 is 5.91 Å². The van der Waals surface area contributed by atoms with Crippen LogP contribution in [0, 0.1) is 0 Å². The number of hydrogen-bond acceptors (Lipinski definition) is 4. The summed E-state index contributed by atoms with van der Waals surface area (Å²) in [4.78, 5) is 17.7. The molecule has 2 fully saturated rings. The zero-order valence-corrected chi connectivity index (χ0v) is 18.6. The number of carbonyl (C=O) groups is 1. The van der Waals surface area contributed by atoms with E-state index < -0.39 is 0 Å². The third-order valence-corrected chi connectivity index (χ3v) is 6.69. The molecule has 1 saturated heterocycles. The lowest BCUT2D eigenvalue weighted by atomic mass is 9.96. The minimum atomic E-state index is 0.118. The van der Waals surface area contributed by atoms with Crippen LogP contribution in [0.2, 0.25) is 0 Å². The van der Waals surface area contributed by atoms with Gasteiger partial charge in [-0.05, 0) is 30.9 Å². The molecule has 1 heterocycles. The fourth-order valence-electron chi connectivity index (χ4n) is 4.48. The summed E-state index contributed by atoms with van der Waals surface area (Å²) in [6, 6.07) is 21.3. The first-order valence-corrected chi connectivity index (χ1v) is 11.5. The molecule has 0 radical (unpaired) electrons. The van der Waals surface area contributed by atoms with Crippen LogP contribution in [0.5, 0.6) is 0 Å². The number of carbonyl (C=O) groups excluding carboxylic acids is 1. The molecule has 0 spiro atoms. The molecule has 1 atom stereocenters. The number of hydrogen-bond donors (Lipinski definition) is 1. The summed E-state index contributed by atoms with van der Waals surface area (Å²) >= 11 is 0. The van der Waals surface area contributed by atoms with Gasteiger partial charge in [-0.15, -0.1) is 0 Å². The number of amides is 1. The number of nitrogens with zero attached hydrogens (tertiary/aromatic N) is 2. The van der Waals surface area contributed by atoms with E-state index in [1.807, 2.05) is 6.07 Å². The first kappa shape index (κ1) is 22.0. The van der Waals surface area contributed by atoms with Crippen LogP contribution in [-0.2, 0) is 21.5 Å². The summed E-state index contributed by atoms with van der Waals surface area (Å²) in [6.07, 6.45) is 2.30. The number of nitrogens with one attached hydrogen (secondary N) is 1. The van der Waals surface area contributed by atoms with Crippen LogP contribution < -0.4 is 5.32 Å². The second-order valence-corrected chi connectivity index (χ2v) is 9.08. The van der Waals surface area contributed by atoms with Crippen molar-refractivity contribution in [2.45, 2.75) is 37.8 Å². The Balaban J connectivity index is 1.35. The van der Waals surface area contributed by atoms with E-state index in [1.165, 1.54) is 11.1 Å². The molecule has 1 unspecified atom stereocenters. The van der Waals surface area contributed by atoms with E-state index in [0.717, 1.165) is 58.8 Å². The lowest BCUT2D eigenvalue weighted by molar-refractivity contribution is -0.123. The Hall–Kier alpha value is -2.21. The van der Waals surface area contributed by atoms with Crippen molar-refractivity contribution in [3.05, 3.63) is 71.8 Å². The topological polar surface area (TPSA) is 44.8 Å². The molecular formula is C26H35N3O2. The summed E-state index contributed by atoms with van der Waals surface area (Å²) in [5, 5.41) is 3.24. The van der Waals surface area contributed by atoms with Crippen LogP contribution in [0.1, 0.15) is 30.9 Å². The van der Waals surface area contributed by atoms with Gasteiger partial charge in [-0.1, -0.05) is 60.7 Å². The number of benzene rings is 2. The highest BCUT2D eigenvalue weighted by Gasteiger charge is 2.44. The minimum absolute atomic E-state index is 0.118. The van der Waals surface area contributed by atoms with Crippen LogP contribution in [0.15, 0.2) is 60.7 Å². The summed E-state index contributed by atoms with van der Waals surface area (Å²) < 4.78 is 5.49. The molecule has 5 heteroatoms. The third kappa shape index (κ3) is 6.16. The molecule has 0 bridgehead atoms. The van der Waals surface area contributed by atoms with Gasteiger partial charge in [0.05, 0.1) is 19.8 Å². The van der Waals surface area contributed by atoms with E-state index in [2.05, 4.69) is 76.6 Å². The molecule has 166 valence electrons. The van der Waals surface area contributed by atoms with E-state index in [4.69, 9.17) is 4.74 Å². The average molecular weight is 422 g/mol. The van der Waals surface area contributed by atoms with E-state index in [1.54, 1.807) is 0 Å². The molecule has 4 rings (SSSR count). The fraction of sp³-hybridized carbons (Fsp3) is 0.500. The van der Waals surface area contributed by atoms with Crippen molar-refractivity contribution < 1.29 is 9.53 Å². The summed E-state index contributed by atoms with van der Waals surface area (Å²) in [5.41, 5.74) is 2.73. The SMILES string of the molecule is CC(CN1CCOCC1)N(CC(=O)NCC1(c2ccccc2)CC1)Cc1ccccc1. The van der Waals surface area contributed by atoms with Gasteiger partial charge in [0.15, 0.2) is 0 Å². The van der Waals surface area contributed by atoms with Crippen molar-refractivity contribution in [1.29, 1.82) is 0 Å². The molecule has 31 heavy (non-hydrogen) atoms. The Labute approximate surface area is 186 Å². The molecular weight excluding hydrogens is 386 g/mol. The maximum atomic E-state index is 13.0. The maximum Gasteiger partial charge on any atom is 0.234 e. The Morgan fingerprint density at radius 3 is 2.35 bits per heavy atom. The number of morpholine rings is 1. The average Bonchev–Trinajstić information content (AvgIpc) is 3.60. The molecule has 1 saturated carbocycles. The quantitative estimate of drug-likeness (QED) is 0.640. The fourth-order valence-corrected chi connectivity index (χ4v) is 4.48. The van der Waals surface area contributed by atoms with E-state index in [9.17, 15) is 4.79 Å². The van der Waals surface area contributed by atoms with Crippen molar-refractivity contribution in [2.24, 2.45) is 0 Å². The first-order valence-electron chi connectivity index (χ1n) is 11.5. The second-order valence-electron chi connectivity index (χ2n) is 9.08. The third-order valence-electron chi connectivity index (χ3n) is 6.69. The Morgan fingerprint density at radius 2 is 1.71 bits per heavy atom. The van der Waals surface area contributed by atoms with Gasteiger partial charge in [0, 0.05) is 44.2 Å². The Kier molecular flexibility index (Phi) is 7.38. The van der Waals surface area contributed by atoms with Crippen molar-refractivity contribution in [2.75, 3.05) is 45.9 Å². The predicted octanol–water partition coefficient (Wildman–Crippen LogP) is 3.06. The molecule has 1 amide bonds. The van der Waals surface area contributed by atoms with Crippen molar-refractivity contribution in [1.82, 2.24) is 15.1 Å². The Bertz CT molecular complexity index is 817. The molecule has 1 aliphatic carbocycles. The molecule has 2 aromatic carbocycles. The van der Waals surface area contributed by atoms with Gasteiger partial charge in [-0.3, -0.25) is 14.6 Å². The maximum absolute atomic E-state index is 13.0. The largest absolute Gasteiger partial charge is 0.379 e. The van der Waals surface area contributed by atoms with Gasteiger partial charge in [-0.2, -0.15) is 0 Å². The minimum Gasteiger partial charge on any atom is -0.379 e. The van der Waals surface area contributed by atoms with Gasteiger partial charge in [0.2, 0.25) is 5.91 Å². The normalized spacial score (nSPS) is 19.2. The monoisotopic (exact) mass is 421 g/mol. The molecule has 2 aliphatic rings. The summed E-state index contributed by atoms with van der Waals surface area (Å²) in [7, 11) is 0. The van der Waals surface area contributed by atoms with Gasteiger partial charge < -0.3 is 10.1 Å². The van der Waals surface area contributed by atoms with Crippen LogP contribution in [0.25, 0.3) is 0 Å². The van der Waals surface area contributed by atoms with Gasteiger partial charge in [0.25, 0.3) is 0 Å². The standard InChI is InChI=1S/C26H35N3O2/c1-22(18-28-14-16-31-17-15-28)29(19-23-8-4-2-5-9-23)20-25(30)27-21-26(12-13-26)24-10-6-3-7-11-24/h2-11,22H,12-21H2,1H3,(H,27,30). The van der Waals surface area contributed by atoms with Crippen LogP contribution >= 0.6 is 0 Å². The molecule has 1 aliphatic heterocycles. The number of ether oxygens (including phenoxy) is 1.